The third-order valence-electron chi connectivity index (χ3n) is 5.76. The molecule has 1 aliphatic rings. The highest BCUT2D eigenvalue weighted by atomic mass is 35.5. The van der Waals surface area contributed by atoms with Gasteiger partial charge in [0.25, 0.3) is 5.91 Å². The van der Waals surface area contributed by atoms with Crippen LogP contribution in [0.15, 0.2) is 30.3 Å². The molecule has 1 aromatic carbocycles. The predicted molar refractivity (Wildman–Crippen MR) is 115 cm³/mol. The predicted octanol–water partition coefficient (Wildman–Crippen LogP) is 4.60. The van der Waals surface area contributed by atoms with Crippen LogP contribution in [-0.2, 0) is 16.1 Å². The van der Waals surface area contributed by atoms with Crippen LogP contribution in [0.5, 0.6) is 0 Å². The van der Waals surface area contributed by atoms with Crippen molar-refractivity contribution >= 4 is 29.3 Å². The molecule has 1 amide bonds. The van der Waals surface area contributed by atoms with Gasteiger partial charge in [0.05, 0.1) is 5.92 Å². The number of likely N-dealkylation sites (tertiary alicyclic amines) is 1. The molecule has 2 aromatic rings. The Morgan fingerprint density at radius 2 is 1.70 bits per heavy atom. The van der Waals surface area contributed by atoms with E-state index in [4.69, 9.17) is 16.3 Å². The van der Waals surface area contributed by atoms with Crippen molar-refractivity contribution in [2.75, 3.05) is 19.7 Å². The van der Waals surface area contributed by atoms with Crippen molar-refractivity contribution in [3.8, 4) is 0 Å². The number of alkyl halides is 3. The number of benzene rings is 1. The minimum absolute atomic E-state index is 0.105. The smallest absolute Gasteiger partial charge is 0.406 e. The number of aromatic nitrogens is 1. The molecule has 178 valence electrons. The number of ketones is 1. The van der Waals surface area contributed by atoms with Gasteiger partial charge in [-0.05, 0) is 57.0 Å². The molecule has 10 heteroatoms. The van der Waals surface area contributed by atoms with E-state index in [-0.39, 0.29) is 17.2 Å². The Bertz CT molecular complexity index is 1040. The van der Waals surface area contributed by atoms with Crippen LogP contribution in [0.1, 0.15) is 44.9 Å². The number of Topliss-reactive ketones (excluding diaryl/α,β-unsaturated/α-hetero) is 1. The molecule has 3 rings (SSSR count). The van der Waals surface area contributed by atoms with Crippen LogP contribution >= 0.6 is 11.6 Å². The van der Waals surface area contributed by atoms with E-state index in [1.807, 2.05) is 0 Å². The Morgan fingerprint density at radius 3 is 2.27 bits per heavy atom. The summed E-state index contributed by atoms with van der Waals surface area (Å²) in [6.07, 6.45) is -3.62. The Balaban J connectivity index is 1.52. The van der Waals surface area contributed by atoms with Crippen LogP contribution in [0, 0.1) is 19.8 Å². The van der Waals surface area contributed by atoms with Crippen molar-refractivity contribution in [3.63, 3.8) is 0 Å². The number of rotatable bonds is 6. The second-order valence-corrected chi connectivity index (χ2v) is 8.53. The molecule has 6 nitrogen and oxygen atoms in total. The lowest BCUT2D eigenvalue weighted by Crippen LogP contribution is -2.40. The molecule has 0 saturated carbocycles. The number of carbonyl (C=O) groups excluding carboxylic acids is 3. The summed E-state index contributed by atoms with van der Waals surface area (Å²) in [6.45, 7) is 1.92. The molecule has 2 heterocycles. The quantitative estimate of drug-likeness (QED) is 0.444. The Morgan fingerprint density at radius 1 is 1.09 bits per heavy atom. The van der Waals surface area contributed by atoms with E-state index in [0.717, 1.165) is 4.57 Å². The van der Waals surface area contributed by atoms with Gasteiger partial charge in [0, 0.05) is 40.6 Å². The number of hydrogen-bond donors (Lipinski definition) is 0. The summed E-state index contributed by atoms with van der Waals surface area (Å²) in [5.74, 6) is -1.71. The highest BCUT2D eigenvalue weighted by Crippen LogP contribution is 2.24. The van der Waals surface area contributed by atoms with Gasteiger partial charge in [0.1, 0.15) is 6.54 Å². The fourth-order valence-electron chi connectivity index (χ4n) is 3.93. The van der Waals surface area contributed by atoms with Crippen LogP contribution in [-0.4, -0.2) is 53.0 Å². The molecule has 1 aromatic heterocycles. The van der Waals surface area contributed by atoms with E-state index < -0.39 is 37.0 Å². The molecule has 0 bridgehead atoms. The average Bonchev–Trinajstić information content (AvgIpc) is 3.04. The molecule has 0 N–H and O–H groups in total. The molecule has 0 spiro atoms. The molecule has 0 aliphatic carbocycles. The second-order valence-electron chi connectivity index (χ2n) is 8.09. The van der Waals surface area contributed by atoms with Crippen LogP contribution in [0.4, 0.5) is 13.2 Å². The molecular formula is C23H24ClF3N2O4. The van der Waals surface area contributed by atoms with Gasteiger partial charge in [-0.1, -0.05) is 11.6 Å². The van der Waals surface area contributed by atoms with E-state index in [9.17, 15) is 27.6 Å². The monoisotopic (exact) mass is 484 g/mol. The van der Waals surface area contributed by atoms with Crippen molar-refractivity contribution in [2.45, 2.75) is 39.4 Å². The van der Waals surface area contributed by atoms with Crippen molar-refractivity contribution in [1.82, 2.24) is 9.47 Å². The molecule has 1 saturated heterocycles. The zero-order chi connectivity index (χ0) is 24.3. The lowest BCUT2D eigenvalue weighted by molar-refractivity contribution is -0.148. The molecule has 33 heavy (non-hydrogen) atoms. The maximum atomic E-state index is 12.8. The highest BCUT2D eigenvalue weighted by Gasteiger charge is 2.31. The molecule has 0 unspecified atom stereocenters. The minimum Gasteiger partial charge on any atom is -0.457 e. The largest absolute Gasteiger partial charge is 0.457 e. The topological polar surface area (TPSA) is 68.6 Å². The summed E-state index contributed by atoms with van der Waals surface area (Å²) < 4.78 is 44.4. The van der Waals surface area contributed by atoms with Gasteiger partial charge in [-0.2, -0.15) is 13.2 Å². The van der Waals surface area contributed by atoms with Gasteiger partial charge >= 0.3 is 12.1 Å². The van der Waals surface area contributed by atoms with Crippen molar-refractivity contribution in [3.05, 3.63) is 57.9 Å². The summed E-state index contributed by atoms with van der Waals surface area (Å²) in [5, 5.41) is 0.532. The third kappa shape index (κ3) is 6.16. The van der Waals surface area contributed by atoms with Gasteiger partial charge in [0.15, 0.2) is 6.61 Å². The van der Waals surface area contributed by atoms with Crippen molar-refractivity contribution < 1.29 is 32.3 Å². The first kappa shape index (κ1) is 24.8. The lowest BCUT2D eigenvalue weighted by atomic mass is 9.96. The number of carbonyl (C=O) groups is 3. The first-order chi connectivity index (χ1) is 15.5. The van der Waals surface area contributed by atoms with E-state index in [1.165, 1.54) is 19.9 Å². The summed E-state index contributed by atoms with van der Waals surface area (Å²) in [6, 6.07) is 7.93. The number of hydrogen-bond acceptors (Lipinski definition) is 4. The zero-order valence-electron chi connectivity index (χ0n) is 18.2. The lowest BCUT2D eigenvalue weighted by Gasteiger charge is -2.31. The maximum Gasteiger partial charge on any atom is 0.406 e. The zero-order valence-corrected chi connectivity index (χ0v) is 19.0. The summed E-state index contributed by atoms with van der Waals surface area (Å²) in [7, 11) is 0. The summed E-state index contributed by atoms with van der Waals surface area (Å²) in [5.41, 5.74) is 1.10. The number of esters is 1. The van der Waals surface area contributed by atoms with Gasteiger partial charge in [-0.15, -0.1) is 0 Å². The Kier molecular flexibility index (Phi) is 7.51. The number of amides is 1. The number of piperidine rings is 1. The number of nitrogens with zero attached hydrogens (tertiary/aromatic N) is 2. The molecule has 0 atom stereocenters. The minimum atomic E-state index is -4.41. The third-order valence-corrected chi connectivity index (χ3v) is 6.02. The SMILES string of the molecule is Cc1cc(C(=O)COC(=O)C2CCN(C(=O)c3ccc(Cl)cc3)CC2)c(C)n1CC(F)(F)F. The second kappa shape index (κ2) is 9.99. The number of halogens is 4. The maximum absolute atomic E-state index is 12.8. The average molecular weight is 485 g/mol. The summed E-state index contributed by atoms with van der Waals surface area (Å²) in [4.78, 5) is 39.1. The number of aryl methyl sites for hydroxylation is 1. The van der Waals surface area contributed by atoms with E-state index >= 15 is 0 Å². The fraction of sp³-hybridized carbons (Fsp3) is 0.435. The van der Waals surface area contributed by atoms with Gasteiger partial charge in [0.2, 0.25) is 5.78 Å². The van der Waals surface area contributed by atoms with Gasteiger partial charge in [-0.25, -0.2) is 0 Å². The Labute approximate surface area is 194 Å². The Hall–Kier alpha value is -2.81. The van der Waals surface area contributed by atoms with Gasteiger partial charge in [-0.3, -0.25) is 14.4 Å². The van der Waals surface area contributed by atoms with Crippen LogP contribution < -0.4 is 0 Å². The van der Waals surface area contributed by atoms with E-state index in [2.05, 4.69) is 0 Å². The summed E-state index contributed by atoms with van der Waals surface area (Å²) >= 11 is 5.84. The standard InChI is InChI=1S/C23H24ClF3N2O4/c1-14-11-19(15(2)29(14)13-23(25,26)27)20(30)12-33-22(32)17-7-9-28(10-8-17)21(31)16-3-5-18(24)6-4-16/h3-6,11,17H,7-10,12-13H2,1-2H3. The molecule has 1 fully saturated rings. The van der Waals surface area contributed by atoms with Crippen LogP contribution in [0.3, 0.4) is 0 Å². The van der Waals surface area contributed by atoms with Crippen LogP contribution in [0.2, 0.25) is 5.02 Å². The molecular weight excluding hydrogens is 461 g/mol. The van der Waals surface area contributed by atoms with Crippen molar-refractivity contribution in [1.29, 1.82) is 0 Å². The number of ether oxygens (including phenoxy) is 1. The first-order valence-corrected chi connectivity index (χ1v) is 10.8. The molecule has 0 radical (unpaired) electrons. The molecule has 1 aliphatic heterocycles. The normalized spacial score (nSPS) is 14.9. The fourth-order valence-corrected chi connectivity index (χ4v) is 4.06. The van der Waals surface area contributed by atoms with Gasteiger partial charge < -0.3 is 14.2 Å². The van der Waals surface area contributed by atoms with Crippen LogP contribution in [0.25, 0.3) is 0 Å². The van der Waals surface area contributed by atoms with E-state index in [1.54, 1.807) is 29.2 Å². The highest BCUT2D eigenvalue weighted by molar-refractivity contribution is 6.30. The van der Waals surface area contributed by atoms with E-state index in [0.29, 0.717) is 42.2 Å². The first-order valence-electron chi connectivity index (χ1n) is 10.4. The van der Waals surface area contributed by atoms with Crippen molar-refractivity contribution in [2.24, 2.45) is 5.92 Å².